The molecule has 11 nitrogen and oxygen atoms in total. The first-order valence-corrected chi connectivity index (χ1v) is 14.1. The second kappa shape index (κ2) is 13.7. The molecule has 39 heavy (non-hydrogen) atoms. The van der Waals surface area contributed by atoms with Crippen LogP contribution in [0.5, 0.6) is 0 Å². The van der Waals surface area contributed by atoms with Gasteiger partial charge in [-0.25, -0.2) is 4.79 Å². The molecule has 1 fully saturated rings. The molecule has 2 N–H and O–H groups in total. The van der Waals surface area contributed by atoms with Crippen LogP contribution in [0.4, 0.5) is 16.2 Å². The molecule has 0 saturated carbocycles. The van der Waals surface area contributed by atoms with Gasteiger partial charge in [-0.3, -0.25) is 9.48 Å². The summed E-state index contributed by atoms with van der Waals surface area (Å²) in [5.41, 5.74) is 2.63. The number of rotatable bonds is 6. The van der Waals surface area contributed by atoms with E-state index >= 15 is 0 Å². The maximum Gasteiger partial charge on any atom is 0.321 e. The van der Waals surface area contributed by atoms with E-state index in [-0.39, 0.29) is 43.2 Å². The fraction of sp³-hybridized carbons (Fsp3) is 0.643. The van der Waals surface area contributed by atoms with Gasteiger partial charge in [-0.2, -0.15) is 0 Å². The van der Waals surface area contributed by atoms with Crippen molar-refractivity contribution in [2.24, 2.45) is 5.92 Å². The Morgan fingerprint density at radius 2 is 1.92 bits per heavy atom. The number of likely N-dealkylation sites (N-methyl/N-ethyl adjacent to an activating group) is 1. The average Bonchev–Trinajstić information content (AvgIpc) is 3.41. The number of nitrogens with zero attached hydrogens (tertiary/aromatic N) is 6. The second-order valence-electron chi connectivity index (χ2n) is 10.9. The van der Waals surface area contributed by atoms with Crippen molar-refractivity contribution in [2.75, 3.05) is 50.1 Å². The van der Waals surface area contributed by atoms with Crippen LogP contribution in [-0.2, 0) is 22.7 Å². The molecule has 1 saturated heterocycles. The number of ether oxygens (including phenoxy) is 1. The topological polar surface area (TPSA) is 116 Å². The minimum Gasteiger partial charge on any atom is -0.394 e. The summed E-state index contributed by atoms with van der Waals surface area (Å²) in [6.45, 7) is 7.47. The van der Waals surface area contributed by atoms with Gasteiger partial charge in [0.2, 0.25) is 5.91 Å². The maximum absolute atomic E-state index is 13.1. The first-order valence-electron chi connectivity index (χ1n) is 14.1. The van der Waals surface area contributed by atoms with E-state index in [1.807, 2.05) is 32.2 Å². The molecule has 2 aromatic rings. The van der Waals surface area contributed by atoms with E-state index in [4.69, 9.17) is 4.74 Å². The number of hydrogen-bond donors (Lipinski definition) is 2. The average molecular weight is 542 g/mol. The molecule has 0 aliphatic carbocycles. The third-order valence-electron chi connectivity index (χ3n) is 7.69. The maximum atomic E-state index is 13.1. The zero-order valence-corrected chi connectivity index (χ0v) is 23.5. The largest absolute Gasteiger partial charge is 0.394 e. The summed E-state index contributed by atoms with van der Waals surface area (Å²) in [5, 5.41) is 21.1. The van der Waals surface area contributed by atoms with Gasteiger partial charge < -0.3 is 29.9 Å². The number of aliphatic hydroxyl groups excluding tert-OH is 1. The Morgan fingerprint density at radius 1 is 1.18 bits per heavy atom. The van der Waals surface area contributed by atoms with Crippen LogP contribution in [0, 0.1) is 5.92 Å². The Bertz CT molecular complexity index is 1070. The Hall–Kier alpha value is -3.18. The van der Waals surface area contributed by atoms with Gasteiger partial charge in [-0.1, -0.05) is 12.1 Å². The van der Waals surface area contributed by atoms with Gasteiger partial charge in [0.15, 0.2) is 0 Å². The second-order valence-corrected chi connectivity index (χ2v) is 10.9. The van der Waals surface area contributed by atoms with E-state index in [0.29, 0.717) is 38.2 Å². The van der Waals surface area contributed by atoms with E-state index in [1.54, 1.807) is 21.5 Å². The van der Waals surface area contributed by atoms with Crippen molar-refractivity contribution in [3.05, 3.63) is 36.2 Å². The normalized spacial score (nSPS) is 21.9. The Balaban J connectivity index is 1.42. The number of carbonyl (C=O) groups is 2. The summed E-state index contributed by atoms with van der Waals surface area (Å²) in [5.74, 6) is -0.112. The fourth-order valence-corrected chi connectivity index (χ4v) is 5.17. The number of amides is 3. The summed E-state index contributed by atoms with van der Waals surface area (Å²) in [6.07, 6.45) is 6.18. The van der Waals surface area contributed by atoms with Crippen LogP contribution in [0.3, 0.4) is 0 Å². The number of hydrogen-bond acceptors (Lipinski definition) is 7. The lowest BCUT2D eigenvalue weighted by Crippen LogP contribution is -2.48. The highest BCUT2D eigenvalue weighted by Crippen LogP contribution is 2.22. The number of aryl methyl sites for hydroxylation is 1. The Labute approximate surface area is 231 Å². The molecule has 2 bridgehead atoms. The van der Waals surface area contributed by atoms with Gasteiger partial charge in [0.05, 0.1) is 31.6 Å². The number of aliphatic hydroxyl groups is 1. The Kier molecular flexibility index (Phi) is 10.2. The van der Waals surface area contributed by atoms with Gasteiger partial charge >= 0.3 is 6.03 Å². The smallest absolute Gasteiger partial charge is 0.321 e. The first kappa shape index (κ1) is 28.8. The van der Waals surface area contributed by atoms with Crippen LogP contribution >= 0.6 is 0 Å². The number of piperidine rings is 1. The molecular weight excluding hydrogens is 498 g/mol. The number of fused-ring (bicyclic) bond motifs is 2. The number of aromatic nitrogens is 3. The molecular formula is C28H43N7O4. The Morgan fingerprint density at radius 3 is 2.64 bits per heavy atom. The predicted octanol–water partition coefficient (Wildman–Crippen LogP) is 2.96. The molecule has 214 valence electrons. The van der Waals surface area contributed by atoms with Crippen LogP contribution in [0.1, 0.15) is 51.6 Å². The quantitative estimate of drug-likeness (QED) is 0.578. The van der Waals surface area contributed by atoms with Gasteiger partial charge in [-0.05, 0) is 56.9 Å². The van der Waals surface area contributed by atoms with E-state index in [2.05, 4.69) is 32.7 Å². The van der Waals surface area contributed by atoms with Crippen molar-refractivity contribution in [3.8, 4) is 0 Å². The molecule has 2 aliphatic rings. The zero-order valence-electron chi connectivity index (χ0n) is 23.5. The molecule has 2 aliphatic heterocycles. The molecule has 0 spiro atoms. The minimum atomic E-state index is -0.366. The van der Waals surface area contributed by atoms with Gasteiger partial charge in [0.25, 0.3) is 0 Å². The van der Waals surface area contributed by atoms with Crippen LogP contribution in [0.25, 0.3) is 0 Å². The lowest BCUT2D eigenvalue weighted by atomic mass is 10.0. The number of anilines is 2. The number of nitrogens with one attached hydrogen (secondary N) is 1. The summed E-state index contributed by atoms with van der Waals surface area (Å²) in [4.78, 5) is 31.9. The molecule has 1 aromatic heterocycles. The fourth-order valence-electron chi connectivity index (χ4n) is 5.17. The van der Waals surface area contributed by atoms with Crippen molar-refractivity contribution >= 4 is 23.3 Å². The van der Waals surface area contributed by atoms with Crippen molar-refractivity contribution in [3.63, 3.8) is 0 Å². The molecule has 3 amide bonds. The van der Waals surface area contributed by atoms with Crippen LogP contribution in [0.15, 0.2) is 30.5 Å². The van der Waals surface area contributed by atoms with E-state index in [1.165, 1.54) is 24.9 Å². The van der Waals surface area contributed by atoms with Crippen molar-refractivity contribution in [2.45, 2.75) is 71.2 Å². The first-order chi connectivity index (χ1) is 18.8. The summed E-state index contributed by atoms with van der Waals surface area (Å²) >= 11 is 0. The highest BCUT2D eigenvalue weighted by Gasteiger charge is 2.29. The predicted molar refractivity (Wildman–Crippen MR) is 149 cm³/mol. The van der Waals surface area contributed by atoms with Crippen LogP contribution in [-0.4, -0.2) is 93.8 Å². The van der Waals surface area contributed by atoms with Crippen LogP contribution in [0.2, 0.25) is 0 Å². The molecule has 4 rings (SSSR count). The highest BCUT2D eigenvalue weighted by molar-refractivity contribution is 5.89. The van der Waals surface area contributed by atoms with Crippen molar-refractivity contribution in [1.82, 2.24) is 24.8 Å². The van der Waals surface area contributed by atoms with E-state index in [9.17, 15) is 14.7 Å². The lowest BCUT2D eigenvalue weighted by Gasteiger charge is -2.35. The summed E-state index contributed by atoms with van der Waals surface area (Å²) < 4.78 is 7.99. The summed E-state index contributed by atoms with van der Waals surface area (Å²) in [7, 11) is 1.74. The lowest BCUT2D eigenvalue weighted by molar-refractivity contribution is -0.136. The SMILES string of the molecule is C[C@@H]1CN([C@H](C)CO)C(=O)CCCn2cc(nn2)CO[C@@H]1CN(C)C(=O)Nc1ccc(N2CCCCC2)cc1. The van der Waals surface area contributed by atoms with Crippen molar-refractivity contribution in [1.29, 1.82) is 0 Å². The standard InChI is InChI=1S/C28H43N7O4/c1-21-16-35(22(2)19-36)27(37)8-7-15-34-17-24(30-31-34)20-39-26(21)18-32(3)28(38)29-23-9-11-25(12-10-23)33-13-5-4-6-14-33/h9-12,17,21-22,26,36H,4-8,13-16,18-20H2,1-3H3,(H,29,38)/t21-,22-,26-/m1/s1. The minimum absolute atomic E-state index is 0.0131. The molecule has 3 heterocycles. The number of carbonyl (C=O) groups excluding carboxylic acids is 2. The van der Waals surface area contributed by atoms with E-state index in [0.717, 1.165) is 18.8 Å². The monoisotopic (exact) mass is 541 g/mol. The molecule has 1 aromatic carbocycles. The molecule has 11 heteroatoms. The number of urea groups is 1. The highest BCUT2D eigenvalue weighted by atomic mass is 16.5. The third kappa shape index (κ3) is 7.92. The number of benzene rings is 1. The van der Waals surface area contributed by atoms with Gasteiger partial charge in [0, 0.05) is 63.5 Å². The van der Waals surface area contributed by atoms with Crippen LogP contribution < -0.4 is 10.2 Å². The van der Waals surface area contributed by atoms with Crippen molar-refractivity contribution < 1.29 is 19.4 Å². The zero-order chi connectivity index (χ0) is 27.8. The summed E-state index contributed by atoms with van der Waals surface area (Å²) in [6, 6.07) is 7.46. The molecule has 0 unspecified atom stereocenters. The van der Waals surface area contributed by atoms with Gasteiger partial charge in [-0.15, -0.1) is 5.10 Å². The third-order valence-corrected chi connectivity index (χ3v) is 7.69. The van der Waals surface area contributed by atoms with E-state index < -0.39 is 0 Å². The molecule has 3 atom stereocenters. The van der Waals surface area contributed by atoms with Gasteiger partial charge in [0.1, 0.15) is 5.69 Å². The molecule has 0 radical (unpaired) electrons.